The summed E-state index contributed by atoms with van der Waals surface area (Å²) in [7, 11) is 1.87. The van der Waals surface area contributed by atoms with Crippen LogP contribution < -0.4 is 5.32 Å². The maximum absolute atomic E-state index is 12.1. The Balaban J connectivity index is 1.83. The Kier molecular flexibility index (Phi) is 4.42. The Bertz CT molecular complexity index is 394. The summed E-state index contributed by atoms with van der Waals surface area (Å²) in [5.41, 5.74) is 1.09. The molecule has 1 amide bonds. The summed E-state index contributed by atoms with van der Waals surface area (Å²) < 4.78 is 5.25. The van der Waals surface area contributed by atoms with Gasteiger partial charge in [0, 0.05) is 25.6 Å². The molecule has 18 heavy (non-hydrogen) atoms. The van der Waals surface area contributed by atoms with Crippen molar-refractivity contribution in [1.82, 2.24) is 10.2 Å². The van der Waals surface area contributed by atoms with Crippen LogP contribution in [-0.4, -0.2) is 30.9 Å². The second-order valence-corrected chi connectivity index (χ2v) is 5.15. The molecule has 2 heterocycles. The molecule has 1 aromatic heterocycles. The fourth-order valence-electron chi connectivity index (χ4n) is 2.41. The lowest BCUT2D eigenvalue weighted by Crippen LogP contribution is -2.33. The van der Waals surface area contributed by atoms with E-state index in [1.165, 1.54) is 0 Å². The van der Waals surface area contributed by atoms with Crippen molar-refractivity contribution in [3.63, 3.8) is 0 Å². The molecule has 0 radical (unpaired) electrons. The van der Waals surface area contributed by atoms with Crippen LogP contribution in [0, 0.1) is 12.8 Å². The number of nitrogens with zero attached hydrogens (tertiary/aromatic N) is 1. The number of carbonyl (C=O) groups excluding carboxylic acids is 1. The minimum absolute atomic E-state index is 0.238. The summed E-state index contributed by atoms with van der Waals surface area (Å²) in [5.74, 6) is 1.69. The highest BCUT2D eigenvalue weighted by molar-refractivity contribution is 5.76. The molecule has 0 aromatic carbocycles. The van der Waals surface area contributed by atoms with Crippen LogP contribution in [0.25, 0.3) is 0 Å². The van der Waals surface area contributed by atoms with Crippen LogP contribution in [0.5, 0.6) is 0 Å². The number of hydrogen-bond donors (Lipinski definition) is 1. The first kappa shape index (κ1) is 13.1. The van der Waals surface area contributed by atoms with Crippen molar-refractivity contribution in [1.29, 1.82) is 0 Å². The predicted molar refractivity (Wildman–Crippen MR) is 70.1 cm³/mol. The minimum Gasteiger partial charge on any atom is -0.469 e. The zero-order valence-corrected chi connectivity index (χ0v) is 11.2. The van der Waals surface area contributed by atoms with E-state index in [0.29, 0.717) is 18.9 Å². The SMILES string of the molecule is Cc1occc1CN(C)C(=O)CC1CCNCC1. The van der Waals surface area contributed by atoms with Gasteiger partial charge in [-0.05, 0) is 44.8 Å². The van der Waals surface area contributed by atoms with Crippen LogP contribution in [0.2, 0.25) is 0 Å². The average Bonchev–Trinajstić information content (AvgIpc) is 2.76. The first-order valence-electron chi connectivity index (χ1n) is 6.64. The predicted octanol–water partition coefficient (Wildman–Crippen LogP) is 1.94. The van der Waals surface area contributed by atoms with Gasteiger partial charge in [0.25, 0.3) is 0 Å². The van der Waals surface area contributed by atoms with E-state index in [1.54, 1.807) is 11.2 Å². The van der Waals surface area contributed by atoms with Gasteiger partial charge in [0.2, 0.25) is 5.91 Å². The summed E-state index contributed by atoms with van der Waals surface area (Å²) in [4.78, 5) is 13.9. The average molecular weight is 250 g/mol. The summed E-state index contributed by atoms with van der Waals surface area (Å²) in [6, 6.07) is 1.93. The van der Waals surface area contributed by atoms with Gasteiger partial charge in [-0.15, -0.1) is 0 Å². The normalized spacial score (nSPS) is 16.8. The molecule has 1 fully saturated rings. The third-order valence-electron chi connectivity index (χ3n) is 3.72. The molecule has 0 unspecified atom stereocenters. The van der Waals surface area contributed by atoms with Crippen molar-refractivity contribution in [3.8, 4) is 0 Å². The molecule has 0 spiro atoms. The lowest BCUT2D eigenvalue weighted by atomic mass is 9.94. The van der Waals surface area contributed by atoms with Gasteiger partial charge in [-0.3, -0.25) is 4.79 Å². The molecule has 1 aromatic rings. The van der Waals surface area contributed by atoms with E-state index < -0.39 is 0 Å². The maximum atomic E-state index is 12.1. The highest BCUT2D eigenvalue weighted by atomic mass is 16.3. The van der Waals surface area contributed by atoms with Gasteiger partial charge in [0.05, 0.1) is 6.26 Å². The summed E-state index contributed by atoms with van der Waals surface area (Å²) >= 11 is 0. The van der Waals surface area contributed by atoms with Crippen LogP contribution in [0.1, 0.15) is 30.6 Å². The van der Waals surface area contributed by atoms with Gasteiger partial charge in [0.1, 0.15) is 5.76 Å². The van der Waals surface area contributed by atoms with E-state index in [0.717, 1.165) is 37.3 Å². The fraction of sp³-hybridized carbons (Fsp3) is 0.643. The molecule has 0 atom stereocenters. The Morgan fingerprint density at radius 1 is 1.50 bits per heavy atom. The highest BCUT2D eigenvalue weighted by Crippen LogP contribution is 2.18. The number of hydrogen-bond acceptors (Lipinski definition) is 3. The second-order valence-electron chi connectivity index (χ2n) is 5.15. The molecule has 2 rings (SSSR count). The van der Waals surface area contributed by atoms with Crippen LogP contribution in [-0.2, 0) is 11.3 Å². The van der Waals surface area contributed by atoms with Crippen LogP contribution in [0.4, 0.5) is 0 Å². The van der Waals surface area contributed by atoms with Crippen LogP contribution in [0.15, 0.2) is 16.7 Å². The van der Waals surface area contributed by atoms with Gasteiger partial charge < -0.3 is 14.6 Å². The largest absolute Gasteiger partial charge is 0.469 e. The van der Waals surface area contributed by atoms with E-state index in [2.05, 4.69) is 5.32 Å². The number of rotatable bonds is 4. The molecule has 0 bridgehead atoms. The van der Waals surface area contributed by atoms with Crippen LogP contribution >= 0.6 is 0 Å². The van der Waals surface area contributed by atoms with Crippen molar-refractivity contribution < 1.29 is 9.21 Å². The van der Waals surface area contributed by atoms with Crippen molar-refractivity contribution in [2.45, 2.75) is 32.7 Å². The summed E-state index contributed by atoms with van der Waals surface area (Å²) in [6.07, 6.45) is 4.58. The second kappa shape index (κ2) is 6.05. The smallest absolute Gasteiger partial charge is 0.222 e. The lowest BCUT2D eigenvalue weighted by Gasteiger charge is -2.24. The van der Waals surface area contributed by atoms with Crippen molar-refractivity contribution >= 4 is 5.91 Å². The first-order valence-corrected chi connectivity index (χ1v) is 6.64. The number of furan rings is 1. The molecule has 4 heteroatoms. The van der Waals surface area contributed by atoms with Gasteiger partial charge in [-0.2, -0.15) is 0 Å². The molecule has 100 valence electrons. The monoisotopic (exact) mass is 250 g/mol. The number of piperidine rings is 1. The van der Waals surface area contributed by atoms with Gasteiger partial charge >= 0.3 is 0 Å². The van der Waals surface area contributed by atoms with Crippen LogP contribution in [0.3, 0.4) is 0 Å². The lowest BCUT2D eigenvalue weighted by molar-refractivity contribution is -0.131. The molecule has 0 aliphatic carbocycles. The van der Waals surface area contributed by atoms with E-state index in [1.807, 2.05) is 20.0 Å². The Hall–Kier alpha value is -1.29. The molecule has 1 aliphatic heterocycles. The summed E-state index contributed by atoms with van der Waals surface area (Å²) in [6.45, 7) is 4.66. The number of carbonyl (C=O) groups is 1. The van der Waals surface area contributed by atoms with E-state index >= 15 is 0 Å². The Morgan fingerprint density at radius 3 is 2.83 bits per heavy atom. The topological polar surface area (TPSA) is 45.5 Å². The zero-order valence-electron chi connectivity index (χ0n) is 11.2. The molecule has 4 nitrogen and oxygen atoms in total. The van der Waals surface area contributed by atoms with Gasteiger partial charge in [0.15, 0.2) is 0 Å². The Morgan fingerprint density at radius 2 is 2.22 bits per heavy atom. The third-order valence-corrected chi connectivity index (χ3v) is 3.72. The van der Waals surface area contributed by atoms with E-state index in [9.17, 15) is 4.79 Å². The highest BCUT2D eigenvalue weighted by Gasteiger charge is 2.19. The quantitative estimate of drug-likeness (QED) is 0.888. The molecule has 1 saturated heterocycles. The maximum Gasteiger partial charge on any atom is 0.222 e. The van der Waals surface area contributed by atoms with E-state index in [-0.39, 0.29) is 5.91 Å². The van der Waals surface area contributed by atoms with Gasteiger partial charge in [-0.25, -0.2) is 0 Å². The number of nitrogens with one attached hydrogen (secondary N) is 1. The minimum atomic E-state index is 0.238. The number of amides is 1. The van der Waals surface area contributed by atoms with E-state index in [4.69, 9.17) is 4.42 Å². The molecule has 0 saturated carbocycles. The van der Waals surface area contributed by atoms with Gasteiger partial charge in [-0.1, -0.05) is 0 Å². The Labute approximate surface area is 108 Å². The summed E-state index contributed by atoms with van der Waals surface area (Å²) in [5, 5.41) is 3.32. The molecular formula is C14H22N2O2. The van der Waals surface area contributed by atoms with Crippen molar-refractivity contribution in [2.24, 2.45) is 5.92 Å². The number of aryl methyl sites for hydroxylation is 1. The molecule has 1 aliphatic rings. The van der Waals surface area contributed by atoms with Crippen molar-refractivity contribution in [3.05, 3.63) is 23.7 Å². The van der Waals surface area contributed by atoms with Crippen molar-refractivity contribution in [2.75, 3.05) is 20.1 Å². The zero-order chi connectivity index (χ0) is 13.0. The molecular weight excluding hydrogens is 228 g/mol. The third kappa shape index (κ3) is 3.35. The molecule has 1 N–H and O–H groups in total. The first-order chi connectivity index (χ1) is 8.66. The standard InChI is InChI=1S/C14H22N2O2/c1-11-13(5-8-18-11)10-16(2)14(17)9-12-3-6-15-7-4-12/h5,8,12,15H,3-4,6-7,9-10H2,1-2H3. The fourth-order valence-corrected chi connectivity index (χ4v) is 2.41.